The summed E-state index contributed by atoms with van der Waals surface area (Å²) in [5.41, 5.74) is 4.94. The lowest BCUT2D eigenvalue weighted by atomic mass is 10.1. The van der Waals surface area contributed by atoms with Gasteiger partial charge < -0.3 is 20.7 Å². The molecule has 2 aromatic carbocycles. The summed E-state index contributed by atoms with van der Waals surface area (Å²) in [6.07, 6.45) is 4.46. The zero-order valence-electron chi connectivity index (χ0n) is 22.7. The van der Waals surface area contributed by atoms with Crippen molar-refractivity contribution in [2.75, 3.05) is 18.4 Å². The predicted molar refractivity (Wildman–Crippen MR) is 159 cm³/mol. The fourth-order valence-corrected chi connectivity index (χ4v) is 6.85. The fourth-order valence-electron chi connectivity index (χ4n) is 4.45. The van der Waals surface area contributed by atoms with Gasteiger partial charge in [0.15, 0.2) is 5.95 Å². The number of nitrogens with one attached hydrogen (secondary N) is 5. The molecule has 12 nitrogen and oxygen atoms in total. The number of sulfonamides is 1. The lowest BCUT2D eigenvalue weighted by Crippen LogP contribution is -2.51. The highest BCUT2D eigenvalue weighted by molar-refractivity contribution is 7.89. The van der Waals surface area contributed by atoms with Crippen molar-refractivity contribution in [2.24, 2.45) is 0 Å². The van der Waals surface area contributed by atoms with Gasteiger partial charge in [-0.05, 0) is 49.4 Å². The number of H-pyrrole nitrogens is 1. The Morgan fingerprint density at radius 1 is 1.14 bits per heavy atom. The first-order valence-corrected chi connectivity index (χ1v) is 15.5. The Balaban J connectivity index is 1.26. The first-order valence-electron chi connectivity index (χ1n) is 13.3. The van der Waals surface area contributed by atoms with Gasteiger partial charge in [-0.1, -0.05) is 53.5 Å². The molecule has 1 aliphatic heterocycles. The first kappa shape index (κ1) is 31.7. The van der Waals surface area contributed by atoms with E-state index in [-0.39, 0.29) is 16.1 Å². The molecule has 1 fully saturated rings. The van der Waals surface area contributed by atoms with Crippen LogP contribution in [0.1, 0.15) is 31.4 Å². The van der Waals surface area contributed by atoms with Crippen molar-refractivity contribution in [3.63, 3.8) is 0 Å². The number of hydrogen-bond acceptors (Lipinski definition) is 8. The number of amides is 1. The van der Waals surface area contributed by atoms with Crippen LogP contribution < -0.4 is 20.8 Å². The van der Waals surface area contributed by atoms with Gasteiger partial charge in [0.05, 0.1) is 21.8 Å². The van der Waals surface area contributed by atoms with Crippen molar-refractivity contribution < 1.29 is 28.0 Å². The molecule has 1 aliphatic rings. The molecule has 0 radical (unpaired) electrons. The SMILES string of the molecule is Cc1c[nH]c(NCCCCC2CC(C(=O)NCC(NS(=O)(=O)c3c(Cl)cc(-c4ccccc4)cc3Cl)C(=O)O)NO2)n1. The Labute approximate surface area is 253 Å². The summed E-state index contributed by atoms with van der Waals surface area (Å²) in [4.78, 5) is 36.9. The molecule has 1 saturated heterocycles. The molecular formula is C27H32Cl2N6O6S. The molecule has 0 saturated carbocycles. The minimum atomic E-state index is -4.47. The maximum Gasteiger partial charge on any atom is 0.323 e. The number of benzene rings is 2. The van der Waals surface area contributed by atoms with Gasteiger partial charge in [0.1, 0.15) is 17.0 Å². The van der Waals surface area contributed by atoms with Crippen LogP contribution in [-0.4, -0.2) is 66.6 Å². The highest BCUT2D eigenvalue weighted by Gasteiger charge is 2.33. The third-order valence-electron chi connectivity index (χ3n) is 6.59. The van der Waals surface area contributed by atoms with Gasteiger partial charge in [0.2, 0.25) is 15.9 Å². The largest absolute Gasteiger partial charge is 0.480 e. The standard InChI is InChI=1S/C27H32Cl2N6O6S/c1-16-14-32-27(33-16)30-10-6-5-9-19-13-22(34-41-19)25(36)31-15-23(26(37)38)35-42(39,40)24-20(28)11-18(12-21(24)29)17-7-3-2-4-8-17/h2-4,7-8,11-12,14,19,22-23,34-35H,5-6,9-10,13,15H2,1H3,(H,31,36)(H,37,38)(H2,30,32,33). The number of aromatic nitrogens is 2. The van der Waals surface area contributed by atoms with Crippen LogP contribution in [0.5, 0.6) is 0 Å². The Morgan fingerprint density at radius 3 is 2.50 bits per heavy atom. The van der Waals surface area contributed by atoms with Crippen LogP contribution in [-0.2, 0) is 24.4 Å². The van der Waals surface area contributed by atoms with E-state index in [2.05, 4.69) is 30.8 Å². The molecule has 0 bridgehead atoms. The summed E-state index contributed by atoms with van der Waals surface area (Å²) in [7, 11) is -4.47. The minimum Gasteiger partial charge on any atom is -0.480 e. The second-order valence-corrected chi connectivity index (χ2v) is 12.3. The van der Waals surface area contributed by atoms with Gasteiger partial charge >= 0.3 is 5.97 Å². The number of anilines is 1. The summed E-state index contributed by atoms with van der Waals surface area (Å²) < 4.78 is 28.3. The Kier molecular flexibility index (Phi) is 10.8. The number of aryl methyl sites for hydroxylation is 1. The third kappa shape index (κ3) is 8.43. The van der Waals surface area contributed by atoms with Crippen LogP contribution in [0.4, 0.5) is 5.95 Å². The number of rotatable bonds is 14. The van der Waals surface area contributed by atoms with Gasteiger partial charge in [-0.3, -0.25) is 14.4 Å². The van der Waals surface area contributed by atoms with Crippen LogP contribution in [0, 0.1) is 6.92 Å². The van der Waals surface area contributed by atoms with E-state index in [9.17, 15) is 23.1 Å². The van der Waals surface area contributed by atoms with E-state index in [1.807, 2.05) is 43.5 Å². The summed E-state index contributed by atoms with van der Waals surface area (Å²) in [5, 5.41) is 15.0. The molecule has 0 aliphatic carbocycles. The lowest BCUT2D eigenvalue weighted by molar-refractivity contribution is -0.139. The highest BCUT2D eigenvalue weighted by atomic mass is 35.5. The van der Waals surface area contributed by atoms with Crippen LogP contribution in [0.25, 0.3) is 11.1 Å². The van der Waals surface area contributed by atoms with E-state index in [4.69, 9.17) is 28.0 Å². The summed E-state index contributed by atoms with van der Waals surface area (Å²) in [5.74, 6) is -1.28. The van der Waals surface area contributed by atoms with Gasteiger partial charge in [0.25, 0.3) is 0 Å². The molecule has 2 heterocycles. The number of nitrogens with zero attached hydrogens (tertiary/aromatic N) is 1. The third-order valence-corrected chi connectivity index (χ3v) is 8.99. The number of carboxylic acids is 1. The number of carbonyl (C=O) groups excluding carboxylic acids is 1. The zero-order valence-corrected chi connectivity index (χ0v) is 25.0. The number of carboxylic acid groups (broad SMARTS) is 1. The molecule has 15 heteroatoms. The van der Waals surface area contributed by atoms with Crippen molar-refractivity contribution >= 4 is 51.0 Å². The van der Waals surface area contributed by atoms with E-state index in [0.29, 0.717) is 12.0 Å². The van der Waals surface area contributed by atoms with Crippen LogP contribution in [0.3, 0.4) is 0 Å². The van der Waals surface area contributed by atoms with Gasteiger partial charge in [-0.15, -0.1) is 0 Å². The molecule has 3 atom stereocenters. The topological polar surface area (TPSA) is 175 Å². The van der Waals surface area contributed by atoms with Crippen molar-refractivity contribution in [1.29, 1.82) is 0 Å². The van der Waals surface area contributed by atoms with E-state index in [1.165, 1.54) is 12.1 Å². The number of halogens is 2. The number of imidazole rings is 1. The van der Waals surface area contributed by atoms with E-state index >= 15 is 0 Å². The number of aromatic amines is 1. The maximum atomic E-state index is 13.1. The molecule has 226 valence electrons. The number of unbranched alkanes of at least 4 members (excludes halogenated alkanes) is 1. The summed E-state index contributed by atoms with van der Waals surface area (Å²) >= 11 is 12.6. The summed E-state index contributed by atoms with van der Waals surface area (Å²) in [6, 6.07) is 9.57. The quantitative estimate of drug-likeness (QED) is 0.144. The number of hydrogen-bond donors (Lipinski definition) is 6. The molecule has 42 heavy (non-hydrogen) atoms. The lowest BCUT2D eigenvalue weighted by Gasteiger charge is -2.18. The molecule has 6 N–H and O–H groups in total. The van der Waals surface area contributed by atoms with E-state index in [1.54, 1.807) is 0 Å². The van der Waals surface area contributed by atoms with E-state index < -0.39 is 45.4 Å². The normalized spacial score (nSPS) is 17.6. The number of aliphatic carboxylic acids is 1. The Bertz CT molecular complexity index is 1480. The molecule has 3 unspecified atom stereocenters. The van der Waals surface area contributed by atoms with Crippen molar-refractivity contribution in [3.8, 4) is 11.1 Å². The molecule has 1 amide bonds. The molecule has 0 spiro atoms. The van der Waals surface area contributed by atoms with Crippen molar-refractivity contribution in [1.82, 2.24) is 25.5 Å². The Morgan fingerprint density at radius 2 is 1.86 bits per heavy atom. The minimum absolute atomic E-state index is 0.174. The zero-order chi connectivity index (χ0) is 30.3. The molecule has 4 rings (SSSR count). The van der Waals surface area contributed by atoms with Crippen molar-refractivity contribution in [3.05, 3.63) is 64.4 Å². The Hall–Kier alpha value is -3.20. The van der Waals surface area contributed by atoms with Crippen LogP contribution in [0.2, 0.25) is 10.0 Å². The monoisotopic (exact) mass is 638 g/mol. The average molecular weight is 640 g/mol. The van der Waals surface area contributed by atoms with Gasteiger partial charge in [-0.2, -0.15) is 10.2 Å². The van der Waals surface area contributed by atoms with Gasteiger partial charge in [-0.25, -0.2) is 13.4 Å². The predicted octanol–water partition coefficient (Wildman–Crippen LogP) is 3.48. The first-order chi connectivity index (χ1) is 20.0. The molecular weight excluding hydrogens is 607 g/mol. The van der Waals surface area contributed by atoms with Crippen LogP contribution >= 0.6 is 23.2 Å². The smallest absolute Gasteiger partial charge is 0.323 e. The second kappa shape index (κ2) is 14.3. The average Bonchev–Trinajstić information content (AvgIpc) is 3.59. The van der Waals surface area contributed by atoms with Gasteiger partial charge in [0, 0.05) is 25.7 Å². The number of hydroxylamine groups is 1. The van der Waals surface area contributed by atoms with Crippen molar-refractivity contribution in [2.45, 2.75) is 55.7 Å². The second-order valence-electron chi connectivity index (χ2n) is 9.85. The maximum absolute atomic E-state index is 13.1. The summed E-state index contributed by atoms with van der Waals surface area (Å²) in [6.45, 7) is 2.12. The fraction of sp³-hybridized carbons (Fsp3) is 0.370. The highest BCUT2D eigenvalue weighted by Crippen LogP contribution is 2.34. The van der Waals surface area contributed by atoms with Crippen LogP contribution in [0.15, 0.2) is 53.6 Å². The van der Waals surface area contributed by atoms with E-state index in [0.717, 1.165) is 43.0 Å². The number of carbonyl (C=O) groups is 2. The molecule has 3 aromatic rings. The molecule has 1 aromatic heterocycles.